The third-order valence-electron chi connectivity index (χ3n) is 2.66. The summed E-state index contributed by atoms with van der Waals surface area (Å²) in [5.74, 6) is 0.575. The highest BCUT2D eigenvalue weighted by Crippen LogP contribution is 2.14. The van der Waals surface area contributed by atoms with Crippen molar-refractivity contribution in [2.75, 3.05) is 38.3 Å². The number of likely N-dealkylation sites (N-methyl/N-ethyl adjacent to an activating group) is 1. The number of piperazine rings is 1. The van der Waals surface area contributed by atoms with Crippen molar-refractivity contribution < 1.29 is 8.42 Å². The maximum absolute atomic E-state index is 11.9. The van der Waals surface area contributed by atoms with Crippen LogP contribution in [-0.2, 0) is 10.0 Å². The van der Waals surface area contributed by atoms with Crippen LogP contribution in [0.3, 0.4) is 0 Å². The van der Waals surface area contributed by atoms with E-state index in [4.69, 9.17) is 11.6 Å². The summed E-state index contributed by atoms with van der Waals surface area (Å²) in [6, 6.07) is 0.0732. The Morgan fingerprint density at radius 2 is 2.07 bits per heavy atom. The van der Waals surface area contributed by atoms with Crippen molar-refractivity contribution in [2.24, 2.45) is 0 Å². The summed E-state index contributed by atoms with van der Waals surface area (Å²) in [5.41, 5.74) is 0. The predicted octanol–water partition coefficient (Wildman–Crippen LogP) is 0.581. The summed E-state index contributed by atoms with van der Waals surface area (Å²) in [5, 5.41) is 0. The van der Waals surface area contributed by atoms with Gasteiger partial charge in [-0.2, -0.15) is 4.31 Å². The standard InChI is InChI=1S/C9H19ClN2O2S/c1-9-8-11(2)5-6-12(9)15(13,14)7-3-4-10/h9H,3-8H2,1-2H3. The van der Waals surface area contributed by atoms with E-state index in [9.17, 15) is 8.42 Å². The van der Waals surface area contributed by atoms with E-state index >= 15 is 0 Å². The van der Waals surface area contributed by atoms with Crippen LogP contribution in [0.4, 0.5) is 0 Å². The lowest BCUT2D eigenvalue weighted by atomic mass is 10.2. The molecule has 0 N–H and O–H groups in total. The lowest BCUT2D eigenvalue weighted by Crippen LogP contribution is -2.53. The van der Waals surface area contributed by atoms with Crippen molar-refractivity contribution in [1.29, 1.82) is 0 Å². The molecule has 15 heavy (non-hydrogen) atoms. The second-order valence-electron chi connectivity index (χ2n) is 4.08. The van der Waals surface area contributed by atoms with Crippen LogP contribution >= 0.6 is 11.6 Å². The first-order valence-electron chi connectivity index (χ1n) is 5.21. The molecule has 1 fully saturated rings. The fraction of sp³-hybridized carbons (Fsp3) is 1.00. The zero-order valence-corrected chi connectivity index (χ0v) is 10.9. The molecule has 0 aromatic heterocycles. The molecule has 1 saturated heterocycles. The van der Waals surface area contributed by atoms with E-state index in [1.807, 2.05) is 14.0 Å². The average Bonchev–Trinajstić information content (AvgIpc) is 2.14. The molecule has 90 valence electrons. The molecule has 1 atom stereocenters. The highest BCUT2D eigenvalue weighted by atomic mass is 35.5. The molecule has 1 heterocycles. The first kappa shape index (κ1) is 13.2. The first-order valence-corrected chi connectivity index (χ1v) is 7.36. The zero-order chi connectivity index (χ0) is 11.5. The SMILES string of the molecule is CC1CN(C)CCN1S(=O)(=O)CCCCl. The maximum Gasteiger partial charge on any atom is 0.214 e. The van der Waals surface area contributed by atoms with Crippen LogP contribution in [0.1, 0.15) is 13.3 Å². The van der Waals surface area contributed by atoms with Crippen LogP contribution < -0.4 is 0 Å². The smallest absolute Gasteiger partial charge is 0.214 e. The van der Waals surface area contributed by atoms with Crippen LogP contribution in [0.5, 0.6) is 0 Å². The maximum atomic E-state index is 11.9. The highest BCUT2D eigenvalue weighted by molar-refractivity contribution is 7.89. The van der Waals surface area contributed by atoms with Crippen LogP contribution in [0, 0.1) is 0 Å². The summed E-state index contributed by atoms with van der Waals surface area (Å²) in [7, 11) is -1.08. The Morgan fingerprint density at radius 3 is 2.60 bits per heavy atom. The molecule has 6 heteroatoms. The summed E-state index contributed by atoms with van der Waals surface area (Å²) >= 11 is 5.51. The topological polar surface area (TPSA) is 40.6 Å². The second kappa shape index (κ2) is 5.48. The molecule has 0 amide bonds. The Hall–Kier alpha value is 0.160. The molecule has 0 bridgehead atoms. The molecule has 1 aliphatic rings. The molecule has 0 aliphatic carbocycles. The fourth-order valence-electron chi connectivity index (χ4n) is 1.89. The minimum absolute atomic E-state index is 0.0732. The molecule has 0 aromatic carbocycles. The Morgan fingerprint density at radius 1 is 1.40 bits per heavy atom. The van der Waals surface area contributed by atoms with E-state index in [2.05, 4.69) is 4.90 Å². The number of alkyl halides is 1. The van der Waals surface area contributed by atoms with Gasteiger partial charge in [0.15, 0.2) is 0 Å². The van der Waals surface area contributed by atoms with Crippen LogP contribution in [0.15, 0.2) is 0 Å². The van der Waals surface area contributed by atoms with Crippen LogP contribution in [0.2, 0.25) is 0 Å². The van der Waals surface area contributed by atoms with Gasteiger partial charge in [0.05, 0.1) is 5.75 Å². The number of hydrogen-bond donors (Lipinski definition) is 0. The molecule has 1 rings (SSSR count). The number of halogens is 1. The Balaban J connectivity index is 2.62. The molecule has 0 aromatic rings. The lowest BCUT2D eigenvalue weighted by molar-refractivity contribution is 0.170. The lowest BCUT2D eigenvalue weighted by Gasteiger charge is -2.37. The van der Waals surface area contributed by atoms with Gasteiger partial charge in [-0.05, 0) is 20.4 Å². The van der Waals surface area contributed by atoms with Gasteiger partial charge >= 0.3 is 0 Å². The van der Waals surface area contributed by atoms with Gasteiger partial charge in [0.25, 0.3) is 0 Å². The van der Waals surface area contributed by atoms with Gasteiger partial charge in [-0.15, -0.1) is 11.6 Å². The third kappa shape index (κ3) is 3.59. The Labute approximate surface area is 97.2 Å². The van der Waals surface area contributed by atoms with E-state index in [-0.39, 0.29) is 11.8 Å². The summed E-state index contributed by atoms with van der Waals surface area (Å²) in [6.07, 6.45) is 0.531. The van der Waals surface area contributed by atoms with Crippen LogP contribution in [0.25, 0.3) is 0 Å². The average molecular weight is 255 g/mol. The van der Waals surface area contributed by atoms with Gasteiger partial charge in [-0.1, -0.05) is 0 Å². The number of nitrogens with zero attached hydrogens (tertiary/aromatic N) is 2. The molecule has 0 saturated carbocycles. The van der Waals surface area contributed by atoms with Crippen molar-refractivity contribution in [2.45, 2.75) is 19.4 Å². The number of sulfonamides is 1. The minimum Gasteiger partial charge on any atom is -0.303 e. The molecule has 0 spiro atoms. The van der Waals surface area contributed by atoms with E-state index in [0.29, 0.717) is 18.8 Å². The summed E-state index contributed by atoms with van der Waals surface area (Å²) in [4.78, 5) is 2.15. The molecule has 1 unspecified atom stereocenters. The zero-order valence-electron chi connectivity index (χ0n) is 9.32. The molecule has 1 aliphatic heterocycles. The van der Waals surface area contributed by atoms with E-state index in [1.165, 1.54) is 0 Å². The van der Waals surface area contributed by atoms with Gasteiger partial charge in [0.2, 0.25) is 10.0 Å². The first-order chi connectivity index (χ1) is 6.97. The van der Waals surface area contributed by atoms with Crippen molar-refractivity contribution in [3.8, 4) is 0 Å². The highest BCUT2D eigenvalue weighted by Gasteiger charge is 2.30. The minimum atomic E-state index is -3.10. The van der Waals surface area contributed by atoms with Crippen molar-refractivity contribution >= 4 is 21.6 Å². The number of rotatable bonds is 4. The third-order valence-corrected chi connectivity index (χ3v) is 4.99. The molecular formula is C9H19ClN2O2S. The predicted molar refractivity (Wildman–Crippen MR) is 62.8 cm³/mol. The van der Waals surface area contributed by atoms with E-state index in [1.54, 1.807) is 4.31 Å². The molecular weight excluding hydrogens is 236 g/mol. The Bertz CT molecular complexity index is 294. The van der Waals surface area contributed by atoms with Gasteiger partial charge in [0.1, 0.15) is 0 Å². The van der Waals surface area contributed by atoms with Gasteiger partial charge in [-0.25, -0.2) is 8.42 Å². The Kier molecular flexibility index (Phi) is 4.83. The number of hydrogen-bond acceptors (Lipinski definition) is 3. The van der Waals surface area contributed by atoms with Crippen molar-refractivity contribution in [1.82, 2.24) is 9.21 Å². The van der Waals surface area contributed by atoms with Gasteiger partial charge < -0.3 is 4.90 Å². The van der Waals surface area contributed by atoms with Gasteiger partial charge in [-0.3, -0.25) is 0 Å². The summed E-state index contributed by atoms with van der Waals surface area (Å²) in [6.45, 7) is 4.17. The quantitative estimate of drug-likeness (QED) is 0.690. The molecule has 0 radical (unpaired) electrons. The van der Waals surface area contributed by atoms with Crippen LogP contribution in [-0.4, -0.2) is 62.0 Å². The summed E-state index contributed by atoms with van der Waals surface area (Å²) < 4.78 is 25.4. The van der Waals surface area contributed by atoms with Crippen molar-refractivity contribution in [3.05, 3.63) is 0 Å². The van der Waals surface area contributed by atoms with Crippen molar-refractivity contribution in [3.63, 3.8) is 0 Å². The second-order valence-corrected chi connectivity index (χ2v) is 6.50. The fourth-order valence-corrected chi connectivity index (χ4v) is 3.90. The normalized spacial score (nSPS) is 25.7. The largest absolute Gasteiger partial charge is 0.303 e. The monoisotopic (exact) mass is 254 g/mol. The molecule has 4 nitrogen and oxygen atoms in total. The van der Waals surface area contributed by atoms with Gasteiger partial charge in [0, 0.05) is 31.6 Å². The van der Waals surface area contributed by atoms with E-state index in [0.717, 1.165) is 13.1 Å². The van der Waals surface area contributed by atoms with E-state index < -0.39 is 10.0 Å².